The summed E-state index contributed by atoms with van der Waals surface area (Å²) < 4.78 is 5.30. The van der Waals surface area contributed by atoms with E-state index in [9.17, 15) is 9.59 Å². The van der Waals surface area contributed by atoms with Crippen molar-refractivity contribution in [3.05, 3.63) is 22.2 Å². The average Bonchev–Trinajstić information content (AvgIpc) is 2.32. The molecular weight excluding hydrogens is 328 g/mol. The van der Waals surface area contributed by atoms with Crippen molar-refractivity contribution in [1.82, 2.24) is 4.90 Å². The molecular formula is C12H15BrN4O3. The van der Waals surface area contributed by atoms with Crippen molar-refractivity contribution >= 4 is 27.8 Å². The maximum absolute atomic E-state index is 12.2. The molecule has 0 radical (unpaired) electrons. The van der Waals surface area contributed by atoms with Gasteiger partial charge in [-0.3, -0.25) is 4.79 Å². The first-order valence-electron chi connectivity index (χ1n) is 6.21. The SMILES string of the molecule is CC(C)(C)OC(=O)C1=CC(Br)CC2C(N=[N+]=[N-])C(=O)N12. The lowest BCUT2D eigenvalue weighted by Gasteiger charge is -2.48. The summed E-state index contributed by atoms with van der Waals surface area (Å²) in [6.45, 7) is 5.29. The molecule has 0 N–H and O–H groups in total. The van der Waals surface area contributed by atoms with Gasteiger partial charge in [-0.2, -0.15) is 0 Å². The minimum absolute atomic E-state index is 0.0595. The number of β-lactam (4-membered cyclic amide) rings is 1. The normalized spacial score (nSPS) is 28.8. The number of halogens is 1. The molecule has 0 aromatic rings. The minimum Gasteiger partial charge on any atom is -0.455 e. The Hall–Kier alpha value is -1.53. The predicted molar refractivity (Wildman–Crippen MR) is 74.8 cm³/mol. The number of carbonyl (C=O) groups is 2. The first-order chi connectivity index (χ1) is 9.24. The van der Waals surface area contributed by atoms with E-state index in [1.165, 1.54) is 4.90 Å². The van der Waals surface area contributed by atoms with E-state index in [4.69, 9.17) is 10.3 Å². The molecule has 0 spiro atoms. The van der Waals surface area contributed by atoms with Crippen molar-refractivity contribution in [1.29, 1.82) is 0 Å². The summed E-state index contributed by atoms with van der Waals surface area (Å²) in [5, 5.41) is 3.49. The minimum atomic E-state index is -0.730. The zero-order valence-corrected chi connectivity index (χ0v) is 13.0. The standard InChI is InChI=1S/C12H15BrN4O3/c1-12(2,3)20-11(19)8-5-6(13)4-7-9(15-16-14)10(18)17(7)8/h5-7,9H,4H2,1-3H3. The van der Waals surface area contributed by atoms with Crippen LogP contribution in [0.1, 0.15) is 27.2 Å². The smallest absolute Gasteiger partial charge is 0.355 e. The maximum Gasteiger partial charge on any atom is 0.355 e. The third-order valence-electron chi connectivity index (χ3n) is 3.04. The molecule has 1 fully saturated rings. The van der Waals surface area contributed by atoms with Gasteiger partial charge in [-0.1, -0.05) is 21.0 Å². The second kappa shape index (κ2) is 5.10. The number of hydrogen-bond donors (Lipinski definition) is 0. The van der Waals surface area contributed by atoms with Crippen LogP contribution in [-0.4, -0.2) is 39.3 Å². The van der Waals surface area contributed by atoms with Crippen LogP contribution in [-0.2, 0) is 14.3 Å². The molecule has 3 atom stereocenters. The highest BCUT2D eigenvalue weighted by atomic mass is 79.9. The highest BCUT2D eigenvalue weighted by Crippen LogP contribution is 2.38. The molecule has 20 heavy (non-hydrogen) atoms. The van der Waals surface area contributed by atoms with Gasteiger partial charge in [0.1, 0.15) is 17.3 Å². The number of esters is 1. The number of rotatable bonds is 2. The second-order valence-electron chi connectivity index (χ2n) is 5.73. The third kappa shape index (κ3) is 2.66. The van der Waals surface area contributed by atoms with Crippen molar-refractivity contribution in [2.75, 3.05) is 0 Å². The fourth-order valence-electron chi connectivity index (χ4n) is 2.29. The van der Waals surface area contributed by atoms with Crippen LogP contribution in [0.25, 0.3) is 10.4 Å². The second-order valence-corrected chi connectivity index (χ2v) is 6.91. The van der Waals surface area contributed by atoms with Gasteiger partial charge >= 0.3 is 5.97 Å². The molecule has 2 rings (SSSR count). The van der Waals surface area contributed by atoms with Gasteiger partial charge in [0.25, 0.3) is 0 Å². The summed E-state index contributed by atoms with van der Waals surface area (Å²) >= 11 is 3.42. The third-order valence-corrected chi connectivity index (χ3v) is 3.67. The molecule has 2 aliphatic heterocycles. The lowest BCUT2D eigenvalue weighted by molar-refractivity contribution is -0.160. The number of carbonyl (C=O) groups excluding carboxylic acids is 2. The lowest BCUT2D eigenvalue weighted by atomic mass is 9.87. The number of azide groups is 1. The Morgan fingerprint density at radius 1 is 1.60 bits per heavy atom. The zero-order chi connectivity index (χ0) is 15.1. The van der Waals surface area contributed by atoms with Gasteiger partial charge in [0, 0.05) is 9.74 Å². The Labute approximate surface area is 124 Å². The van der Waals surface area contributed by atoms with Crippen molar-refractivity contribution in [2.45, 2.75) is 49.7 Å². The fraction of sp³-hybridized carbons (Fsp3) is 0.667. The Morgan fingerprint density at radius 2 is 2.25 bits per heavy atom. The summed E-state index contributed by atoms with van der Waals surface area (Å²) in [6.07, 6.45) is 2.26. The summed E-state index contributed by atoms with van der Waals surface area (Å²) in [6, 6.07) is -1.01. The molecule has 0 aromatic heterocycles. The number of fused-ring (bicyclic) bond motifs is 1. The van der Waals surface area contributed by atoms with E-state index in [0.717, 1.165) is 0 Å². The Morgan fingerprint density at radius 3 is 2.80 bits per heavy atom. The summed E-state index contributed by atoms with van der Waals surface area (Å²) in [5.41, 5.74) is 8.05. The molecule has 0 saturated carbocycles. The predicted octanol–water partition coefficient (Wildman–Crippen LogP) is 2.27. The summed E-state index contributed by atoms with van der Waals surface area (Å²) in [7, 11) is 0. The molecule has 0 aromatic carbocycles. The molecule has 7 nitrogen and oxygen atoms in total. The number of ether oxygens (including phenoxy) is 1. The van der Waals surface area contributed by atoms with E-state index in [2.05, 4.69) is 26.0 Å². The number of allylic oxidation sites excluding steroid dienone is 1. The van der Waals surface area contributed by atoms with Gasteiger partial charge in [0.15, 0.2) is 0 Å². The van der Waals surface area contributed by atoms with Crippen molar-refractivity contribution in [3.63, 3.8) is 0 Å². The van der Waals surface area contributed by atoms with E-state index < -0.39 is 17.6 Å². The maximum atomic E-state index is 12.2. The average molecular weight is 343 g/mol. The van der Waals surface area contributed by atoms with Gasteiger partial charge in [-0.25, -0.2) is 4.79 Å². The highest BCUT2D eigenvalue weighted by molar-refractivity contribution is 9.09. The van der Waals surface area contributed by atoms with Gasteiger partial charge in [-0.15, -0.1) is 0 Å². The molecule has 108 valence electrons. The Kier molecular flexibility index (Phi) is 3.80. The van der Waals surface area contributed by atoms with Crippen molar-refractivity contribution < 1.29 is 14.3 Å². The van der Waals surface area contributed by atoms with E-state index in [1.807, 2.05) is 0 Å². The van der Waals surface area contributed by atoms with Gasteiger partial charge in [0.05, 0.1) is 6.04 Å². The summed E-state index contributed by atoms with van der Waals surface area (Å²) in [4.78, 5) is 28.1. The molecule has 3 unspecified atom stereocenters. The van der Waals surface area contributed by atoms with Crippen LogP contribution in [0.5, 0.6) is 0 Å². The van der Waals surface area contributed by atoms with Crippen LogP contribution in [0.15, 0.2) is 16.9 Å². The van der Waals surface area contributed by atoms with Gasteiger partial charge in [-0.05, 0) is 38.8 Å². The van der Waals surface area contributed by atoms with Crippen LogP contribution in [0.4, 0.5) is 0 Å². The largest absolute Gasteiger partial charge is 0.455 e. The quantitative estimate of drug-likeness (QED) is 0.192. The number of amides is 1. The summed E-state index contributed by atoms with van der Waals surface area (Å²) in [5.74, 6) is -0.899. The molecule has 0 aliphatic carbocycles. The lowest BCUT2D eigenvalue weighted by Crippen LogP contribution is -2.66. The molecule has 1 saturated heterocycles. The monoisotopic (exact) mass is 342 g/mol. The van der Waals surface area contributed by atoms with Gasteiger partial charge < -0.3 is 9.64 Å². The number of hydrogen-bond acceptors (Lipinski definition) is 4. The van der Waals surface area contributed by atoms with Crippen LogP contribution < -0.4 is 0 Å². The molecule has 8 heteroatoms. The van der Waals surface area contributed by atoms with E-state index in [-0.39, 0.29) is 22.5 Å². The van der Waals surface area contributed by atoms with Crippen LogP contribution in [0.2, 0.25) is 0 Å². The van der Waals surface area contributed by atoms with Crippen molar-refractivity contribution in [3.8, 4) is 0 Å². The highest BCUT2D eigenvalue weighted by Gasteiger charge is 2.52. The topological polar surface area (TPSA) is 95.4 Å². The van der Waals surface area contributed by atoms with Crippen molar-refractivity contribution in [2.24, 2.45) is 5.11 Å². The van der Waals surface area contributed by atoms with Crippen LogP contribution in [0.3, 0.4) is 0 Å². The fourth-order valence-corrected chi connectivity index (χ4v) is 2.92. The van der Waals surface area contributed by atoms with Crippen LogP contribution >= 0.6 is 15.9 Å². The number of nitrogens with zero attached hydrogens (tertiary/aromatic N) is 4. The first kappa shape index (κ1) is 14.9. The van der Waals surface area contributed by atoms with E-state index in [0.29, 0.717) is 6.42 Å². The molecule has 2 heterocycles. The zero-order valence-electron chi connectivity index (χ0n) is 11.4. The Balaban J connectivity index is 2.24. The van der Waals surface area contributed by atoms with Gasteiger partial charge in [0.2, 0.25) is 5.91 Å². The van der Waals surface area contributed by atoms with E-state index >= 15 is 0 Å². The van der Waals surface area contributed by atoms with Crippen LogP contribution in [0, 0.1) is 0 Å². The molecule has 1 amide bonds. The van der Waals surface area contributed by atoms with E-state index in [1.54, 1.807) is 26.8 Å². The number of alkyl halides is 1. The molecule has 0 bridgehead atoms. The Bertz CT molecular complexity index is 533. The molecule has 2 aliphatic rings. The first-order valence-corrected chi connectivity index (χ1v) is 7.12.